The molecule has 2 aliphatic rings. The number of methoxy groups -OCH3 is 1. The number of benzene rings is 1. The second-order valence-electron chi connectivity index (χ2n) is 5.90. The van der Waals surface area contributed by atoms with Crippen molar-refractivity contribution in [3.63, 3.8) is 0 Å². The number of hydrogen-bond acceptors (Lipinski definition) is 3. The van der Waals surface area contributed by atoms with Crippen LogP contribution in [0.25, 0.3) is 0 Å². The van der Waals surface area contributed by atoms with E-state index >= 15 is 0 Å². The van der Waals surface area contributed by atoms with Gasteiger partial charge in [-0.1, -0.05) is 12.1 Å². The predicted octanol–water partition coefficient (Wildman–Crippen LogP) is 2.35. The van der Waals surface area contributed by atoms with Crippen molar-refractivity contribution in [2.45, 2.75) is 44.2 Å². The van der Waals surface area contributed by atoms with Crippen LogP contribution in [0.15, 0.2) is 18.2 Å². The lowest BCUT2D eigenvalue weighted by atomic mass is 10.0. The molecule has 1 aromatic carbocycles. The number of fused-ring (bicyclic) bond motifs is 1. The van der Waals surface area contributed by atoms with Crippen molar-refractivity contribution >= 4 is 18.3 Å². The molecular formula is C16H23ClN2O2. The third-order valence-corrected chi connectivity index (χ3v) is 4.61. The molecule has 0 saturated heterocycles. The van der Waals surface area contributed by atoms with Crippen LogP contribution in [0.2, 0.25) is 0 Å². The maximum Gasteiger partial charge on any atom is 0.223 e. The van der Waals surface area contributed by atoms with Gasteiger partial charge in [0.1, 0.15) is 5.75 Å². The summed E-state index contributed by atoms with van der Waals surface area (Å²) in [5, 5.41) is 3.20. The molecule has 5 heteroatoms. The van der Waals surface area contributed by atoms with Crippen LogP contribution in [0.4, 0.5) is 0 Å². The topological polar surface area (TPSA) is 64.3 Å². The van der Waals surface area contributed by atoms with Crippen molar-refractivity contribution in [3.05, 3.63) is 29.3 Å². The maximum atomic E-state index is 12.3. The van der Waals surface area contributed by atoms with E-state index in [0.717, 1.165) is 37.9 Å². The first-order chi connectivity index (χ1) is 9.69. The maximum absolute atomic E-state index is 12.3. The van der Waals surface area contributed by atoms with E-state index in [2.05, 4.69) is 11.4 Å². The first-order valence-electron chi connectivity index (χ1n) is 7.40. The summed E-state index contributed by atoms with van der Waals surface area (Å²) in [4.78, 5) is 12.3. The van der Waals surface area contributed by atoms with Crippen LogP contribution in [0, 0.1) is 5.92 Å². The van der Waals surface area contributed by atoms with Crippen LogP contribution in [0.3, 0.4) is 0 Å². The summed E-state index contributed by atoms with van der Waals surface area (Å²) in [5.41, 5.74) is 8.34. The van der Waals surface area contributed by atoms with Crippen molar-refractivity contribution in [2.75, 3.05) is 7.11 Å². The lowest BCUT2D eigenvalue weighted by molar-refractivity contribution is -0.125. The first kappa shape index (κ1) is 16.1. The Morgan fingerprint density at radius 3 is 2.81 bits per heavy atom. The summed E-state index contributed by atoms with van der Waals surface area (Å²) in [7, 11) is 1.70. The highest BCUT2D eigenvalue weighted by molar-refractivity contribution is 5.85. The van der Waals surface area contributed by atoms with Gasteiger partial charge in [0.25, 0.3) is 0 Å². The SMILES string of the molecule is COc1cccc2c1CCC2NC(=O)C1CCC(N)C1.Cl. The molecule has 116 valence electrons. The number of rotatable bonds is 3. The molecule has 1 saturated carbocycles. The summed E-state index contributed by atoms with van der Waals surface area (Å²) in [6.45, 7) is 0. The fourth-order valence-electron chi connectivity index (χ4n) is 3.51. The van der Waals surface area contributed by atoms with Crippen molar-refractivity contribution in [2.24, 2.45) is 11.7 Å². The minimum Gasteiger partial charge on any atom is -0.496 e. The number of carbonyl (C=O) groups is 1. The van der Waals surface area contributed by atoms with Crippen LogP contribution >= 0.6 is 12.4 Å². The van der Waals surface area contributed by atoms with Gasteiger partial charge in [0.2, 0.25) is 5.91 Å². The third kappa shape index (κ3) is 3.16. The zero-order valence-corrected chi connectivity index (χ0v) is 13.1. The van der Waals surface area contributed by atoms with Crippen molar-refractivity contribution in [3.8, 4) is 5.75 Å². The molecule has 4 nitrogen and oxygen atoms in total. The van der Waals surface area contributed by atoms with Crippen LogP contribution in [-0.2, 0) is 11.2 Å². The molecular weight excluding hydrogens is 288 g/mol. The minimum absolute atomic E-state index is 0. The highest BCUT2D eigenvalue weighted by atomic mass is 35.5. The number of halogens is 1. The van der Waals surface area contributed by atoms with Gasteiger partial charge >= 0.3 is 0 Å². The number of amides is 1. The molecule has 1 amide bonds. The summed E-state index contributed by atoms with van der Waals surface area (Å²) < 4.78 is 5.39. The molecule has 1 aromatic rings. The molecule has 2 aliphatic carbocycles. The van der Waals surface area contributed by atoms with Gasteiger partial charge < -0.3 is 15.8 Å². The Hall–Kier alpha value is -1.26. The smallest absolute Gasteiger partial charge is 0.223 e. The molecule has 3 rings (SSSR count). The monoisotopic (exact) mass is 310 g/mol. The molecule has 0 spiro atoms. The van der Waals surface area contributed by atoms with Crippen molar-refractivity contribution < 1.29 is 9.53 Å². The van der Waals surface area contributed by atoms with E-state index in [1.165, 1.54) is 11.1 Å². The van der Waals surface area contributed by atoms with E-state index in [4.69, 9.17) is 10.5 Å². The summed E-state index contributed by atoms with van der Waals surface area (Å²) in [6, 6.07) is 6.40. The molecule has 0 heterocycles. The first-order valence-corrected chi connectivity index (χ1v) is 7.40. The van der Waals surface area contributed by atoms with Gasteiger partial charge in [-0.05, 0) is 49.3 Å². The molecule has 3 atom stereocenters. The van der Waals surface area contributed by atoms with Gasteiger partial charge in [-0.2, -0.15) is 0 Å². The van der Waals surface area contributed by atoms with E-state index in [9.17, 15) is 4.79 Å². The fraction of sp³-hybridized carbons (Fsp3) is 0.562. The Labute approximate surface area is 131 Å². The van der Waals surface area contributed by atoms with E-state index in [-0.39, 0.29) is 36.3 Å². The Bertz CT molecular complexity index is 521. The molecule has 3 N–H and O–H groups in total. The second-order valence-corrected chi connectivity index (χ2v) is 5.90. The van der Waals surface area contributed by atoms with Crippen LogP contribution < -0.4 is 15.8 Å². The quantitative estimate of drug-likeness (QED) is 0.900. The summed E-state index contributed by atoms with van der Waals surface area (Å²) >= 11 is 0. The number of nitrogens with one attached hydrogen (secondary N) is 1. The lowest BCUT2D eigenvalue weighted by Crippen LogP contribution is -2.32. The molecule has 1 fully saturated rings. The third-order valence-electron chi connectivity index (χ3n) is 4.61. The Balaban J connectivity index is 0.00000161. The van der Waals surface area contributed by atoms with Crippen molar-refractivity contribution in [1.29, 1.82) is 0 Å². The normalized spacial score (nSPS) is 26.9. The number of ether oxygens (including phenoxy) is 1. The van der Waals surface area contributed by atoms with Crippen LogP contribution in [0.1, 0.15) is 42.9 Å². The Morgan fingerprint density at radius 1 is 1.33 bits per heavy atom. The Morgan fingerprint density at radius 2 is 2.14 bits per heavy atom. The lowest BCUT2D eigenvalue weighted by Gasteiger charge is -2.17. The highest BCUT2D eigenvalue weighted by Gasteiger charge is 2.31. The number of hydrogen-bond donors (Lipinski definition) is 2. The summed E-state index contributed by atoms with van der Waals surface area (Å²) in [6.07, 6.45) is 4.63. The zero-order valence-electron chi connectivity index (χ0n) is 12.3. The van der Waals surface area contributed by atoms with Crippen molar-refractivity contribution in [1.82, 2.24) is 5.32 Å². The van der Waals surface area contributed by atoms with E-state index in [1.807, 2.05) is 12.1 Å². The average molecular weight is 311 g/mol. The molecule has 0 aromatic heterocycles. The van der Waals surface area contributed by atoms with E-state index in [0.29, 0.717) is 0 Å². The number of nitrogens with two attached hydrogens (primary N) is 1. The average Bonchev–Trinajstić information content (AvgIpc) is 3.05. The fourth-order valence-corrected chi connectivity index (χ4v) is 3.51. The molecule has 0 aliphatic heterocycles. The highest BCUT2D eigenvalue weighted by Crippen LogP contribution is 2.37. The summed E-state index contributed by atoms with van der Waals surface area (Å²) in [5.74, 6) is 1.19. The van der Waals surface area contributed by atoms with E-state index < -0.39 is 0 Å². The molecule has 0 bridgehead atoms. The number of carbonyl (C=O) groups excluding carboxylic acids is 1. The minimum atomic E-state index is 0. The van der Waals surface area contributed by atoms with Gasteiger partial charge in [0.05, 0.1) is 13.2 Å². The van der Waals surface area contributed by atoms with Crippen LogP contribution in [0.5, 0.6) is 5.75 Å². The largest absolute Gasteiger partial charge is 0.496 e. The second kappa shape index (κ2) is 6.67. The molecule has 21 heavy (non-hydrogen) atoms. The van der Waals surface area contributed by atoms with E-state index in [1.54, 1.807) is 7.11 Å². The molecule has 0 radical (unpaired) electrons. The van der Waals surface area contributed by atoms with Gasteiger partial charge in [-0.3, -0.25) is 4.79 Å². The van der Waals surface area contributed by atoms with Gasteiger partial charge in [-0.25, -0.2) is 0 Å². The van der Waals surface area contributed by atoms with Gasteiger partial charge in [0.15, 0.2) is 0 Å². The van der Waals surface area contributed by atoms with Crippen LogP contribution in [-0.4, -0.2) is 19.1 Å². The van der Waals surface area contributed by atoms with Gasteiger partial charge in [0, 0.05) is 12.0 Å². The van der Waals surface area contributed by atoms with Gasteiger partial charge in [-0.15, -0.1) is 12.4 Å². The predicted molar refractivity (Wildman–Crippen MR) is 84.8 cm³/mol. The Kier molecular flexibility index (Phi) is 5.12. The molecule has 3 unspecified atom stereocenters. The zero-order chi connectivity index (χ0) is 14.1. The standard InChI is InChI=1S/C16H22N2O2.ClH/c1-20-15-4-2-3-12-13(15)7-8-14(12)18-16(19)10-5-6-11(17)9-10;/h2-4,10-11,14H,5-9,17H2,1H3,(H,18,19);1H.